The summed E-state index contributed by atoms with van der Waals surface area (Å²) in [5, 5.41) is 14.0. The van der Waals surface area contributed by atoms with Gasteiger partial charge in [0.1, 0.15) is 0 Å². The van der Waals surface area contributed by atoms with Crippen LogP contribution in [0.4, 0.5) is 0 Å². The zero-order chi connectivity index (χ0) is 15.2. The zero-order valence-electron chi connectivity index (χ0n) is 10.8. The largest absolute Gasteiger partial charge is 0.479 e. The Balaban J connectivity index is 2.03. The van der Waals surface area contributed by atoms with Crippen molar-refractivity contribution < 1.29 is 14.7 Å². The van der Waals surface area contributed by atoms with Crippen LogP contribution >= 0.6 is 22.9 Å². The van der Waals surface area contributed by atoms with Gasteiger partial charge in [0.05, 0.1) is 0 Å². The number of carboxylic acid groups (broad SMARTS) is 1. The zero-order valence-corrected chi connectivity index (χ0v) is 12.4. The molecule has 0 aliphatic carbocycles. The van der Waals surface area contributed by atoms with Gasteiger partial charge in [0.15, 0.2) is 6.04 Å². The van der Waals surface area contributed by atoms with E-state index in [4.69, 9.17) is 16.7 Å². The lowest BCUT2D eigenvalue weighted by atomic mass is 10.2. The number of carbonyl (C=O) groups excluding carboxylic acids is 1. The Morgan fingerprint density at radius 1 is 1.24 bits per heavy atom. The summed E-state index contributed by atoms with van der Waals surface area (Å²) in [7, 11) is 0. The van der Waals surface area contributed by atoms with Gasteiger partial charge in [-0.15, -0.1) is 11.3 Å². The fourth-order valence-corrected chi connectivity index (χ4v) is 2.54. The van der Waals surface area contributed by atoms with Crippen molar-refractivity contribution in [2.24, 2.45) is 0 Å². The van der Waals surface area contributed by atoms with Gasteiger partial charge in [-0.05, 0) is 35.2 Å². The van der Waals surface area contributed by atoms with E-state index in [9.17, 15) is 9.59 Å². The first kappa shape index (κ1) is 15.3. The normalized spacial score (nSPS) is 12.2. The molecule has 2 rings (SSSR count). The van der Waals surface area contributed by atoms with E-state index in [1.165, 1.54) is 17.4 Å². The first-order valence-corrected chi connectivity index (χ1v) is 7.32. The lowest BCUT2D eigenvalue weighted by Crippen LogP contribution is -2.31. The van der Waals surface area contributed by atoms with Crippen LogP contribution in [0.5, 0.6) is 0 Å². The van der Waals surface area contributed by atoms with Crippen molar-refractivity contribution in [3.05, 3.63) is 63.3 Å². The number of rotatable bonds is 5. The third kappa shape index (κ3) is 4.44. The minimum atomic E-state index is -1.09. The fraction of sp³-hybridized carbons (Fsp3) is 0.0667. The molecule has 2 N–H and O–H groups in total. The number of halogens is 1. The van der Waals surface area contributed by atoms with Crippen molar-refractivity contribution >= 4 is 40.9 Å². The van der Waals surface area contributed by atoms with E-state index in [0.29, 0.717) is 9.90 Å². The molecule has 0 fully saturated rings. The summed E-state index contributed by atoms with van der Waals surface area (Å²) in [6, 6.07) is 9.33. The number of carbonyl (C=O) groups is 2. The molecule has 0 radical (unpaired) electrons. The first-order chi connectivity index (χ1) is 10.1. The summed E-state index contributed by atoms with van der Waals surface area (Å²) in [5.41, 5.74) is 0.803. The van der Waals surface area contributed by atoms with Crippen molar-refractivity contribution in [3.8, 4) is 0 Å². The van der Waals surface area contributed by atoms with Gasteiger partial charge in [0.25, 0.3) is 0 Å². The van der Waals surface area contributed by atoms with Gasteiger partial charge in [-0.1, -0.05) is 29.8 Å². The first-order valence-electron chi connectivity index (χ1n) is 6.06. The summed E-state index contributed by atoms with van der Waals surface area (Å²) in [6.07, 6.45) is 2.89. The maximum Gasteiger partial charge on any atom is 0.331 e. The molecule has 6 heteroatoms. The molecule has 0 saturated heterocycles. The average molecular weight is 322 g/mol. The number of thiophene rings is 1. The molecule has 1 aromatic carbocycles. The monoisotopic (exact) mass is 321 g/mol. The second kappa shape index (κ2) is 7.06. The Morgan fingerprint density at radius 3 is 2.52 bits per heavy atom. The Labute approximate surface area is 130 Å². The van der Waals surface area contributed by atoms with Crippen LogP contribution in [0, 0.1) is 0 Å². The lowest BCUT2D eigenvalue weighted by molar-refractivity contribution is -0.141. The average Bonchev–Trinajstić information content (AvgIpc) is 2.97. The fourth-order valence-electron chi connectivity index (χ4n) is 1.65. The van der Waals surface area contributed by atoms with E-state index in [1.54, 1.807) is 47.9 Å². The van der Waals surface area contributed by atoms with Gasteiger partial charge in [0.2, 0.25) is 5.91 Å². The molecular formula is C15H12ClNO3S. The third-order valence-corrected chi connectivity index (χ3v) is 3.85. The molecular weight excluding hydrogens is 310 g/mol. The molecule has 1 aromatic heterocycles. The standard InChI is InChI=1S/C15H12ClNO3S/c16-11-6-3-10(4-7-11)5-8-13(18)17-14(15(19)20)12-2-1-9-21-12/h1-9,14H,(H,17,18)(H,19,20)/b8-5+. The molecule has 0 bridgehead atoms. The van der Waals surface area contributed by atoms with Gasteiger partial charge in [0, 0.05) is 16.0 Å². The number of hydrogen-bond donors (Lipinski definition) is 2. The molecule has 0 aliphatic heterocycles. The molecule has 0 aliphatic rings. The number of benzene rings is 1. The van der Waals surface area contributed by atoms with Gasteiger partial charge >= 0.3 is 5.97 Å². The SMILES string of the molecule is O=C(/C=C/c1ccc(Cl)cc1)NC(C(=O)O)c1cccs1. The molecule has 1 heterocycles. The number of amides is 1. The van der Waals surface area contributed by atoms with Crippen LogP contribution < -0.4 is 5.32 Å². The van der Waals surface area contributed by atoms with Crippen LogP contribution in [0.25, 0.3) is 6.08 Å². The molecule has 2 aromatic rings. The second-order valence-corrected chi connectivity index (χ2v) is 5.60. The van der Waals surface area contributed by atoms with E-state index < -0.39 is 17.9 Å². The van der Waals surface area contributed by atoms with Crippen molar-refractivity contribution in [2.45, 2.75) is 6.04 Å². The van der Waals surface area contributed by atoms with Crippen LogP contribution in [0.2, 0.25) is 5.02 Å². The summed E-state index contributed by atoms with van der Waals surface area (Å²) >= 11 is 7.05. The third-order valence-electron chi connectivity index (χ3n) is 2.66. The molecule has 21 heavy (non-hydrogen) atoms. The van der Waals surface area contributed by atoms with Crippen LogP contribution in [-0.2, 0) is 9.59 Å². The molecule has 0 saturated carbocycles. The molecule has 0 spiro atoms. The van der Waals surface area contributed by atoms with Crippen LogP contribution in [0.15, 0.2) is 47.9 Å². The van der Waals surface area contributed by atoms with E-state index in [1.807, 2.05) is 0 Å². The minimum absolute atomic E-state index is 0.467. The number of hydrogen-bond acceptors (Lipinski definition) is 3. The molecule has 1 atom stereocenters. The predicted octanol–water partition coefficient (Wildman–Crippen LogP) is 3.36. The Hall–Kier alpha value is -2.11. The van der Waals surface area contributed by atoms with Crippen LogP contribution in [-0.4, -0.2) is 17.0 Å². The molecule has 1 amide bonds. The van der Waals surface area contributed by atoms with Crippen molar-refractivity contribution in [3.63, 3.8) is 0 Å². The van der Waals surface area contributed by atoms with Crippen LogP contribution in [0.3, 0.4) is 0 Å². The van der Waals surface area contributed by atoms with E-state index in [2.05, 4.69) is 5.32 Å². The smallest absolute Gasteiger partial charge is 0.331 e. The maximum absolute atomic E-state index is 11.8. The van der Waals surface area contributed by atoms with Gasteiger partial charge in [-0.25, -0.2) is 4.79 Å². The highest BCUT2D eigenvalue weighted by Crippen LogP contribution is 2.19. The van der Waals surface area contributed by atoms with Gasteiger partial charge < -0.3 is 10.4 Å². The summed E-state index contributed by atoms with van der Waals surface area (Å²) in [6.45, 7) is 0. The summed E-state index contributed by atoms with van der Waals surface area (Å²) in [4.78, 5) is 23.6. The van der Waals surface area contributed by atoms with E-state index in [0.717, 1.165) is 5.56 Å². The quantitative estimate of drug-likeness (QED) is 0.830. The summed E-state index contributed by atoms with van der Waals surface area (Å²) in [5.74, 6) is -1.56. The summed E-state index contributed by atoms with van der Waals surface area (Å²) < 4.78 is 0. The highest BCUT2D eigenvalue weighted by molar-refractivity contribution is 7.10. The highest BCUT2D eigenvalue weighted by atomic mass is 35.5. The van der Waals surface area contributed by atoms with Crippen molar-refractivity contribution in [2.75, 3.05) is 0 Å². The Bertz CT molecular complexity index is 650. The van der Waals surface area contributed by atoms with E-state index in [-0.39, 0.29) is 0 Å². The van der Waals surface area contributed by atoms with Crippen molar-refractivity contribution in [1.29, 1.82) is 0 Å². The van der Waals surface area contributed by atoms with Crippen LogP contribution in [0.1, 0.15) is 16.5 Å². The topological polar surface area (TPSA) is 66.4 Å². The minimum Gasteiger partial charge on any atom is -0.479 e. The van der Waals surface area contributed by atoms with Gasteiger partial charge in [-0.3, -0.25) is 4.79 Å². The molecule has 1 unspecified atom stereocenters. The molecule has 4 nitrogen and oxygen atoms in total. The molecule has 108 valence electrons. The number of carboxylic acids is 1. The predicted molar refractivity (Wildman–Crippen MR) is 83.3 cm³/mol. The highest BCUT2D eigenvalue weighted by Gasteiger charge is 2.21. The van der Waals surface area contributed by atoms with E-state index >= 15 is 0 Å². The maximum atomic E-state index is 11.8. The number of nitrogens with one attached hydrogen (secondary N) is 1. The second-order valence-electron chi connectivity index (χ2n) is 4.18. The Kier molecular flexibility index (Phi) is 5.14. The Morgan fingerprint density at radius 2 is 1.95 bits per heavy atom. The lowest BCUT2D eigenvalue weighted by Gasteiger charge is -2.11. The van der Waals surface area contributed by atoms with Crippen molar-refractivity contribution in [1.82, 2.24) is 5.32 Å². The van der Waals surface area contributed by atoms with Gasteiger partial charge in [-0.2, -0.15) is 0 Å². The number of aliphatic carboxylic acids is 1.